The summed E-state index contributed by atoms with van der Waals surface area (Å²) in [6.07, 6.45) is 2.35. The van der Waals surface area contributed by atoms with E-state index in [0.29, 0.717) is 11.7 Å². The van der Waals surface area contributed by atoms with Crippen molar-refractivity contribution in [1.82, 2.24) is 4.90 Å². The molecule has 1 heterocycles. The molecule has 2 aliphatic rings. The minimum Gasteiger partial charge on any atom is -0.301 e. The van der Waals surface area contributed by atoms with Crippen molar-refractivity contribution >= 4 is 26.7 Å². The third-order valence-corrected chi connectivity index (χ3v) is 5.13. The average molecular weight is 254 g/mol. The van der Waals surface area contributed by atoms with Crippen LogP contribution in [0.4, 0.5) is 0 Å². The second kappa shape index (κ2) is 4.69. The van der Waals surface area contributed by atoms with Crippen LogP contribution in [0.25, 0.3) is 0 Å². The molecule has 0 aromatic carbocycles. The van der Waals surface area contributed by atoms with E-state index < -0.39 is 0 Å². The van der Waals surface area contributed by atoms with Crippen LogP contribution in [0.1, 0.15) is 19.8 Å². The van der Waals surface area contributed by atoms with Gasteiger partial charge in [-0.25, -0.2) is 0 Å². The van der Waals surface area contributed by atoms with Gasteiger partial charge < -0.3 is 4.90 Å². The zero-order valence-electron chi connectivity index (χ0n) is 10.2. The molecule has 0 radical (unpaired) electrons. The van der Waals surface area contributed by atoms with Crippen LogP contribution >= 0.6 is 21.0 Å². The molecule has 1 aliphatic carbocycles. The largest absolute Gasteiger partial charge is 0.301 e. The number of hydrogen-bond acceptors (Lipinski definition) is 3. The summed E-state index contributed by atoms with van der Waals surface area (Å²) in [6, 6.07) is 0.425. The molecule has 1 fully saturated rings. The molecule has 16 heavy (non-hydrogen) atoms. The molecule has 0 amide bonds. The van der Waals surface area contributed by atoms with Crippen molar-refractivity contribution in [3.8, 4) is 11.2 Å². The predicted molar refractivity (Wildman–Crippen MR) is 76.3 cm³/mol. The van der Waals surface area contributed by atoms with Crippen LogP contribution in [0.15, 0.2) is 4.99 Å². The smallest absolute Gasteiger partial charge is 0.128 e. The third-order valence-electron chi connectivity index (χ3n) is 3.51. The van der Waals surface area contributed by atoms with Crippen LogP contribution in [0.3, 0.4) is 0 Å². The molecule has 2 rings (SSSR count). The Labute approximate surface area is 105 Å². The molecule has 0 N–H and O–H groups in total. The molecule has 2 nitrogen and oxygen atoms in total. The highest BCUT2D eigenvalue weighted by atomic mass is 32.2. The second-order valence-corrected chi connectivity index (χ2v) is 6.47. The van der Waals surface area contributed by atoms with Crippen molar-refractivity contribution in [2.45, 2.75) is 37.0 Å². The fourth-order valence-corrected chi connectivity index (χ4v) is 3.70. The lowest BCUT2D eigenvalue weighted by Crippen LogP contribution is -2.48. The van der Waals surface area contributed by atoms with Gasteiger partial charge in [-0.3, -0.25) is 4.99 Å². The Morgan fingerprint density at radius 3 is 2.81 bits per heavy atom. The fourth-order valence-electron chi connectivity index (χ4n) is 2.18. The van der Waals surface area contributed by atoms with E-state index >= 15 is 0 Å². The van der Waals surface area contributed by atoms with Gasteiger partial charge in [0.25, 0.3) is 0 Å². The van der Waals surface area contributed by atoms with E-state index in [0.717, 1.165) is 12.2 Å². The summed E-state index contributed by atoms with van der Waals surface area (Å²) < 4.78 is 0. The van der Waals surface area contributed by atoms with E-state index in [9.17, 15) is 0 Å². The fraction of sp³-hybridized carbons (Fsp3) is 0.750. The van der Waals surface area contributed by atoms with Gasteiger partial charge in [-0.2, -0.15) is 0 Å². The Balaban J connectivity index is 2.29. The maximum absolute atomic E-state index is 4.92. The molecule has 4 unspecified atom stereocenters. The molecular formula is C12H19N2PS. The van der Waals surface area contributed by atoms with Crippen LogP contribution in [0.2, 0.25) is 0 Å². The molecule has 1 spiro atoms. The molecule has 1 aliphatic heterocycles. The van der Waals surface area contributed by atoms with Crippen LogP contribution in [0.5, 0.6) is 0 Å². The molecule has 0 aromatic rings. The first kappa shape index (κ1) is 12.4. The summed E-state index contributed by atoms with van der Waals surface area (Å²) in [5.41, 5.74) is 1.69. The Hall–Kier alpha value is -0.0300. The van der Waals surface area contributed by atoms with Gasteiger partial charge >= 0.3 is 0 Å². The van der Waals surface area contributed by atoms with E-state index in [1.807, 2.05) is 0 Å². The van der Waals surface area contributed by atoms with Crippen LogP contribution < -0.4 is 0 Å². The molecule has 4 atom stereocenters. The molecule has 0 aromatic heterocycles. The van der Waals surface area contributed by atoms with E-state index in [1.54, 1.807) is 11.8 Å². The van der Waals surface area contributed by atoms with Crippen LogP contribution in [-0.2, 0) is 0 Å². The van der Waals surface area contributed by atoms with E-state index in [-0.39, 0.29) is 5.54 Å². The lowest BCUT2D eigenvalue weighted by atomic mass is 9.77. The van der Waals surface area contributed by atoms with Crippen molar-refractivity contribution in [1.29, 1.82) is 0 Å². The maximum atomic E-state index is 4.92. The summed E-state index contributed by atoms with van der Waals surface area (Å²) in [7, 11) is 7.13. The van der Waals surface area contributed by atoms with Crippen molar-refractivity contribution in [2.24, 2.45) is 4.99 Å². The van der Waals surface area contributed by atoms with Gasteiger partial charge in [-0.15, -0.1) is 9.24 Å². The number of rotatable bonds is 1. The van der Waals surface area contributed by atoms with Gasteiger partial charge in [0.15, 0.2) is 0 Å². The first-order valence-corrected chi connectivity index (χ1v) is 7.33. The van der Waals surface area contributed by atoms with Gasteiger partial charge in [0, 0.05) is 17.1 Å². The monoisotopic (exact) mass is 254 g/mol. The minimum absolute atomic E-state index is 0.0869. The molecule has 4 heteroatoms. The number of nitrogens with zero attached hydrogens (tertiary/aromatic N) is 2. The number of thioether (sulfide) groups is 1. The maximum Gasteiger partial charge on any atom is 0.128 e. The molecule has 1 saturated carbocycles. The lowest BCUT2D eigenvalue weighted by molar-refractivity contribution is 0.338. The Kier molecular flexibility index (Phi) is 3.64. The van der Waals surface area contributed by atoms with E-state index in [2.05, 4.69) is 46.3 Å². The standard InChI is InChI=1S/C12H19N2PS/c1-9-10(14(2)3)8-16-7-6-12(13-9)5-4-11(12)15/h10-11H,4-5,8,15H2,1-3H3. The number of hydrogen-bond donors (Lipinski definition) is 0. The highest BCUT2D eigenvalue weighted by Crippen LogP contribution is 2.42. The van der Waals surface area contributed by atoms with Crippen LogP contribution in [-0.4, -0.2) is 47.7 Å². The SMILES string of the molecule is CC1=NC2(C#CSCC1N(C)C)CCC2P. The minimum atomic E-state index is -0.0869. The molecule has 0 saturated heterocycles. The van der Waals surface area contributed by atoms with Crippen molar-refractivity contribution in [2.75, 3.05) is 19.8 Å². The predicted octanol–water partition coefficient (Wildman–Crippen LogP) is 1.86. The third kappa shape index (κ3) is 2.16. The van der Waals surface area contributed by atoms with E-state index in [1.165, 1.54) is 12.1 Å². The zero-order valence-corrected chi connectivity index (χ0v) is 12.1. The highest BCUT2D eigenvalue weighted by Gasteiger charge is 2.43. The van der Waals surface area contributed by atoms with Crippen molar-refractivity contribution < 1.29 is 0 Å². The summed E-state index contributed by atoms with van der Waals surface area (Å²) in [5, 5.41) is 3.24. The first-order valence-electron chi connectivity index (χ1n) is 5.67. The van der Waals surface area contributed by atoms with E-state index in [4.69, 9.17) is 4.99 Å². The Bertz CT molecular complexity index is 369. The summed E-state index contributed by atoms with van der Waals surface area (Å²) in [5.74, 6) is 4.38. The lowest BCUT2D eigenvalue weighted by Gasteiger charge is -2.42. The zero-order chi connectivity index (χ0) is 11.8. The summed E-state index contributed by atoms with van der Waals surface area (Å²) in [4.78, 5) is 7.16. The quantitative estimate of drug-likeness (QED) is 0.524. The number of aliphatic imine (C=N–C) groups is 1. The topological polar surface area (TPSA) is 15.6 Å². The van der Waals surface area contributed by atoms with Crippen LogP contribution in [0, 0.1) is 11.2 Å². The molecule has 88 valence electrons. The van der Waals surface area contributed by atoms with Gasteiger partial charge in [-0.1, -0.05) is 17.7 Å². The molecule has 0 bridgehead atoms. The summed E-state index contributed by atoms with van der Waals surface area (Å²) in [6.45, 7) is 2.15. The van der Waals surface area contributed by atoms with Gasteiger partial charge in [0.05, 0.1) is 6.04 Å². The van der Waals surface area contributed by atoms with Crippen molar-refractivity contribution in [3.05, 3.63) is 0 Å². The molecular weight excluding hydrogens is 235 g/mol. The normalized spacial score (nSPS) is 38.2. The second-order valence-electron chi connectivity index (χ2n) is 4.84. The first-order chi connectivity index (χ1) is 7.55. The van der Waals surface area contributed by atoms with Crippen molar-refractivity contribution in [3.63, 3.8) is 0 Å². The Morgan fingerprint density at radius 2 is 2.31 bits per heavy atom. The van der Waals surface area contributed by atoms with Gasteiger partial charge in [-0.05, 0) is 39.1 Å². The van der Waals surface area contributed by atoms with Gasteiger partial charge in [0.2, 0.25) is 0 Å². The highest BCUT2D eigenvalue weighted by molar-refractivity contribution is 8.03. The average Bonchev–Trinajstić information content (AvgIpc) is 2.20. The summed E-state index contributed by atoms with van der Waals surface area (Å²) >= 11 is 1.73. The van der Waals surface area contributed by atoms with Gasteiger partial charge in [0.1, 0.15) is 5.54 Å². The Morgan fingerprint density at radius 1 is 1.56 bits per heavy atom.